The molecule has 5 rings (SSSR count). The monoisotopic (exact) mass is 534 g/mol. The lowest BCUT2D eigenvalue weighted by molar-refractivity contribution is -0.288. The number of nitrogens with one attached hydrogen (secondary N) is 1. The van der Waals surface area contributed by atoms with Gasteiger partial charge in [-0.05, 0) is 35.4 Å². The van der Waals surface area contributed by atoms with Gasteiger partial charge in [-0.15, -0.1) is 0 Å². The minimum atomic E-state index is -2.16. The molecular formula is C29H30N2O8. The zero-order chi connectivity index (χ0) is 27.9. The van der Waals surface area contributed by atoms with E-state index in [1.807, 2.05) is 47.0 Å². The van der Waals surface area contributed by atoms with E-state index < -0.39 is 49.3 Å². The third-order valence-electron chi connectivity index (χ3n) is 7.46. The lowest BCUT2D eigenvalue weighted by Crippen LogP contribution is -2.74. The van der Waals surface area contributed by atoms with Gasteiger partial charge in [0.15, 0.2) is 12.1 Å². The summed E-state index contributed by atoms with van der Waals surface area (Å²) in [4.78, 5) is 25.7. The van der Waals surface area contributed by atoms with Gasteiger partial charge in [-0.2, -0.15) is 0 Å². The lowest BCUT2D eigenvalue weighted by atomic mass is 9.83. The molecule has 1 unspecified atom stereocenters. The quantitative estimate of drug-likeness (QED) is 0.191. The molecule has 3 aromatic carbocycles. The average molecular weight is 535 g/mol. The maximum atomic E-state index is 13.6. The molecule has 0 radical (unpaired) electrons. The van der Waals surface area contributed by atoms with Crippen LogP contribution in [0.5, 0.6) is 0 Å². The van der Waals surface area contributed by atoms with Crippen LogP contribution in [0, 0.1) is 0 Å². The Bertz CT molecular complexity index is 1550. The summed E-state index contributed by atoms with van der Waals surface area (Å²) in [7, 11) is 0. The molecule has 1 aliphatic heterocycles. The Hall–Kier alpha value is -3.64. The van der Waals surface area contributed by atoms with E-state index in [-0.39, 0.29) is 11.3 Å². The molecule has 6 N–H and O–H groups in total. The largest absolute Gasteiger partial charge is 0.394 e. The number of nitrogens with zero attached hydrogens (tertiary/aromatic N) is 1. The summed E-state index contributed by atoms with van der Waals surface area (Å²) in [6.07, 6.45) is -5.15. The number of amides is 1. The van der Waals surface area contributed by atoms with Gasteiger partial charge in [-0.25, -0.2) is 0 Å². The number of hydrogen-bond acceptors (Lipinski definition) is 8. The molecule has 1 aromatic heterocycles. The van der Waals surface area contributed by atoms with Crippen molar-refractivity contribution in [3.63, 3.8) is 0 Å². The number of aromatic nitrogens is 1. The summed E-state index contributed by atoms with van der Waals surface area (Å²) in [6, 6.07) is 18.9. The zero-order valence-corrected chi connectivity index (χ0v) is 21.2. The number of aliphatic hydroxyl groups is 5. The van der Waals surface area contributed by atoms with Crippen LogP contribution in [0.25, 0.3) is 21.7 Å². The van der Waals surface area contributed by atoms with Crippen molar-refractivity contribution < 1.29 is 39.9 Å². The van der Waals surface area contributed by atoms with Crippen molar-refractivity contribution in [1.82, 2.24) is 9.88 Å². The Kier molecular flexibility index (Phi) is 7.25. The van der Waals surface area contributed by atoms with E-state index in [1.165, 1.54) is 6.92 Å². The summed E-state index contributed by atoms with van der Waals surface area (Å²) in [5.41, 5.74) is 0.0346. The second kappa shape index (κ2) is 10.5. The van der Waals surface area contributed by atoms with Crippen LogP contribution in [-0.4, -0.2) is 85.1 Å². The van der Waals surface area contributed by atoms with Gasteiger partial charge < -0.3 is 40.2 Å². The van der Waals surface area contributed by atoms with Crippen LogP contribution < -0.4 is 5.32 Å². The molecule has 204 valence electrons. The first kappa shape index (κ1) is 26.9. The smallest absolute Gasteiger partial charge is 0.254 e. The second-order valence-electron chi connectivity index (χ2n) is 9.94. The third kappa shape index (κ3) is 4.71. The fourth-order valence-corrected chi connectivity index (χ4v) is 5.15. The molecule has 0 bridgehead atoms. The summed E-state index contributed by atoms with van der Waals surface area (Å²) in [6.45, 7) is 0.186. The molecule has 1 amide bonds. The van der Waals surface area contributed by atoms with Crippen LogP contribution in [0.1, 0.15) is 33.2 Å². The number of fused-ring (bicyclic) bond motifs is 2. The van der Waals surface area contributed by atoms with Crippen molar-refractivity contribution in [1.29, 1.82) is 0 Å². The predicted octanol–water partition coefficient (Wildman–Crippen LogP) is 0.938. The summed E-state index contributed by atoms with van der Waals surface area (Å²) < 4.78 is 7.02. The van der Waals surface area contributed by atoms with Gasteiger partial charge in [0.2, 0.25) is 0 Å². The van der Waals surface area contributed by atoms with E-state index >= 15 is 0 Å². The molecule has 0 aliphatic carbocycles. The topological polar surface area (TPSA) is 161 Å². The minimum Gasteiger partial charge on any atom is -0.394 e. The number of ketones is 1. The molecule has 1 fully saturated rings. The Morgan fingerprint density at radius 1 is 1.00 bits per heavy atom. The van der Waals surface area contributed by atoms with E-state index in [2.05, 4.69) is 5.32 Å². The van der Waals surface area contributed by atoms with E-state index in [4.69, 9.17) is 4.74 Å². The fourth-order valence-electron chi connectivity index (χ4n) is 5.15. The van der Waals surface area contributed by atoms with Gasteiger partial charge in [-0.3, -0.25) is 9.59 Å². The standard InChI is InChI=1S/C29H30N2O8/c1-16(34)19-8-9-21-22(27(37)30-29(15-33)26(36)25(35)24(14-32)39-28(29)38)13-31(23(21)11-19)12-17-6-7-18-4-2-3-5-20(18)10-17/h2-11,13,24-26,28,32-33,35-36,38H,12,14-15H2,1H3,(H,30,37)/t24-,25-,26+,28?,29-/m1/s1. The Balaban J connectivity index is 1.54. The van der Waals surface area contributed by atoms with Gasteiger partial charge in [0, 0.05) is 29.2 Å². The Labute approximate surface area is 223 Å². The first-order chi connectivity index (χ1) is 18.7. The molecule has 10 heteroatoms. The van der Waals surface area contributed by atoms with E-state index in [0.29, 0.717) is 23.0 Å². The van der Waals surface area contributed by atoms with Crippen molar-refractivity contribution >= 4 is 33.4 Å². The highest BCUT2D eigenvalue weighted by atomic mass is 16.6. The van der Waals surface area contributed by atoms with Crippen molar-refractivity contribution in [2.24, 2.45) is 0 Å². The van der Waals surface area contributed by atoms with Crippen molar-refractivity contribution in [3.8, 4) is 0 Å². The summed E-state index contributed by atoms with van der Waals surface area (Å²) in [5.74, 6) is -0.892. The number of ether oxygens (including phenoxy) is 1. The highest BCUT2D eigenvalue weighted by Gasteiger charge is 2.56. The first-order valence-electron chi connectivity index (χ1n) is 12.5. The number of hydrogen-bond donors (Lipinski definition) is 6. The SMILES string of the molecule is CC(=O)c1ccc2c(C(=O)N[C@@]3(CO)C(O)O[C@H](CO)[C@@H](O)[C@@H]3O)cn(Cc3ccc4ccccc4c3)c2c1. The molecule has 0 saturated carbocycles. The van der Waals surface area contributed by atoms with Crippen LogP contribution in [0.4, 0.5) is 0 Å². The Morgan fingerprint density at radius 3 is 2.44 bits per heavy atom. The third-order valence-corrected chi connectivity index (χ3v) is 7.46. The van der Waals surface area contributed by atoms with E-state index in [1.54, 1.807) is 24.4 Å². The van der Waals surface area contributed by atoms with E-state index in [0.717, 1.165) is 16.3 Å². The lowest BCUT2D eigenvalue weighted by Gasteiger charge is -2.48. The molecular weight excluding hydrogens is 504 g/mol. The minimum absolute atomic E-state index is 0.140. The van der Waals surface area contributed by atoms with Crippen LogP contribution >= 0.6 is 0 Å². The molecule has 2 heterocycles. The van der Waals surface area contributed by atoms with Crippen LogP contribution in [0.2, 0.25) is 0 Å². The van der Waals surface area contributed by atoms with Crippen LogP contribution in [0.15, 0.2) is 66.9 Å². The number of carbonyl (C=O) groups is 2. The molecule has 39 heavy (non-hydrogen) atoms. The number of carbonyl (C=O) groups excluding carboxylic acids is 2. The molecule has 10 nitrogen and oxygen atoms in total. The summed E-state index contributed by atoms with van der Waals surface area (Å²) >= 11 is 0. The normalized spacial score (nSPS) is 25.2. The first-order valence-corrected chi connectivity index (χ1v) is 12.5. The summed E-state index contributed by atoms with van der Waals surface area (Å²) in [5, 5.41) is 56.3. The average Bonchev–Trinajstić information content (AvgIpc) is 3.30. The van der Waals surface area contributed by atoms with Crippen LogP contribution in [-0.2, 0) is 11.3 Å². The number of benzene rings is 3. The molecule has 1 aliphatic rings. The number of Topliss-reactive ketones (excluding diaryl/α,β-unsaturated/α-hetero) is 1. The molecule has 0 spiro atoms. The van der Waals surface area contributed by atoms with Gasteiger partial charge in [0.25, 0.3) is 5.91 Å². The highest BCUT2D eigenvalue weighted by molar-refractivity contribution is 6.09. The predicted molar refractivity (Wildman–Crippen MR) is 142 cm³/mol. The number of rotatable bonds is 7. The maximum Gasteiger partial charge on any atom is 0.254 e. The second-order valence-corrected chi connectivity index (χ2v) is 9.94. The molecule has 4 aromatic rings. The number of aliphatic hydroxyl groups excluding tert-OH is 5. The van der Waals surface area contributed by atoms with Gasteiger partial charge in [0.1, 0.15) is 23.9 Å². The van der Waals surface area contributed by atoms with Crippen LogP contribution in [0.3, 0.4) is 0 Å². The molecule has 1 saturated heterocycles. The Morgan fingerprint density at radius 2 is 1.74 bits per heavy atom. The zero-order valence-electron chi connectivity index (χ0n) is 21.2. The maximum absolute atomic E-state index is 13.6. The van der Waals surface area contributed by atoms with Gasteiger partial charge in [0.05, 0.1) is 18.8 Å². The van der Waals surface area contributed by atoms with Crippen molar-refractivity contribution in [3.05, 3.63) is 83.6 Å². The van der Waals surface area contributed by atoms with E-state index in [9.17, 15) is 35.1 Å². The fraction of sp³-hybridized carbons (Fsp3) is 0.310. The van der Waals surface area contributed by atoms with Crippen molar-refractivity contribution in [2.45, 2.75) is 43.6 Å². The molecule has 5 atom stereocenters. The van der Waals surface area contributed by atoms with Gasteiger partial charge in [-0.1, -0.05) is 48.5 Å². The van der Waals surface area contributed by atoms with Gasteiger partial charge >= 0.3 is 0 Å². The van der Waals surface area contributed by atoms with Crippen molar-refractivity contribution in [2.75, 3.05) is 13.2 Å². The highest BCUT2D eigenvalue weighted by Crippen LogP contribution is 2.31.